The van der Waals surface area contributed by atoms with Crippen LogP contribution in [0.3, 0.4) is 0 Å². The first-order valence-corrected chi connectivity index (χ1v) is 9.23. The van der Waals surface area contributed by atoms with E-state index in [4.69, 9.17) is 5.73 Å². The van der Waals surface area contributed by atoms with Crippen LogP contribution in [0.1, 0.15) is 44.6 Å². The van der Waals surface area contributed by atoms with Gasteiger partial charge in [0.15, 0.2) is 5.69 Å². The SMILES string of the molecule is CC(C)Cn1nc(C(=O)N(C)CCC(N)C(C)C)c2ccccc2c1=O.Cl. The van der Waals surface area contributed by atoms with Crippen LogP contribution < -0.4 is 11.3 Å². The number of nitrogens with zero attached hydrogens (tertiary/aromatic N) is 3. The molecule has 1 aromatic carbocycles. The fourth-order valence-electron chi connectivity index (χ4n) is 2.82. The fraction of sp³-hybridized carbons (Fsp3) is 0.550. The molecule has 0 spiro atoms. The minimum atomic E-state index is -0.185. The van der Waals surface area contributed by atoms with E-state index >= 15 is 0 Å². The van der Waals surface area contributed by atoms with Gasteiger partial charge in [0.1, 0.15) is 0 Å². The second-order valence-corrected chi connectivity index (χ2v) is 7.70. The molecule has 0 aliphatic rings. The van der Waals surface area contributed by atoms with Crippen molar-refractivity contribution in [1.82, 2.24) is 14.7 Å². The van der Waals surface area contributed by atoms with Crippen molar-refractivity contribution in [1.29, 1.82) is 0 Å². The standard InChI is InChI=1S/C20H30N4O2.ClH/c1-13(2)12-24-19(25)16-9-7-6-8-15(16)18(22-24)20(26)23(5)11-10-17(21)14(3)4;/h6-9,13-14,17H,10-12,21H2,1-5H3;1H. The zero-order valence-corrected chi connectivity index (χ0v) is 17.6. The highest BCUT2D eigenvalue weighted by Crippen LogP contribution is 2.16. The maximum absolute atomic E-state index is 13.0. The van der Waals surface area contributed by atoms with Crippen molar-refractivity contribution in [3.8, 4) is 0 Å². The molecule has 2 rings (SSSR count). The first-order valence-electron chi connectivity index (χ1n) is 9.23. The van der Waals surface area contributed by atoms with E-state index in [1.54, 1.807) is 24.1 Å². The normalized spacial score (nSPS) is 12.3. The number of amides is 1. The Morgan fingerprint density at radius 1 is 1.19 bits per heavy atom. The van der Waals surface area contributed by atoms with E-state index < -0.39 is 0 Å². The highest BCUT2D eigenvalue weighted by Gasteiger charge is 2.21. The molecule has 0 fully saturated rings. The van der Waals surface area contributed by atoms with Crippen molar-refractivity contribution in [2.45, 2.75) is 46.7 Å². The Morgan fingerprint density at radius 3 is 2.33 bits per heavy atom. The van der Waals surface area contributed by atoms with Crippen LogP contribution in [0, 0.1) is 11.8 Å². The zero-order valence-electron chi connectivity index (χ0n) is 16.8. The van der Waals surface area contributed by atoms with E-state index in [0.29, 0.717) is 35.5 Å². The number of benzene rings is 1. The predicted octanol–water partition coefficient (Wildman–Crippen LogP) is 2.92. The molecule has 0 saturated carbocycles. The van der Waals surface area contributed by atoms with Crippen molar-refractivity contribution < 1.29 is 4.79 Å². The molecule has 0 radical (unpaired) electrons. The quantitative estimate of drug-likeness (QED) is 0.782. The Balaban J connectivity index is 0.00000364. The molecule has 0 saturated heterocycles. The lowest BCUT2D eigenvalue weighted by atomic mass is 10.0. The molecule has 1 unspecified atom stereocenters. The molecule has 1 amide bonds. The molecule has 1 aromatic heterocycles. The van der Waals surface area contributed by atoms with Crippen LogP contribution in [0.2, 0.25) is 0 Å². The number of fused-ring (bicyclic) bond motifs is 1. The van der Waals surface area contributed by atoms with Gasteiger partial charge in [-0.15, -0.1) is 12.4 Å². The summed E-state index contributed by atoms with van der Waals surface area (Å²) in [5, 5.41) is 5.53. The van der Waals surface area contributed by atoms with E-state index in [2.05, 4.69) is 18.9 Å². The largest absolute Gasteiger partial charge is 0.340 e. The summed E-state index contributed by atoms with van der Waals surface area (Å²) in [7, 11) is 1.75. The third-order valence-electron chi connectivity index (χ3n) is 4.61. The summed E-state index contributed by atoms with van der Waals surface area (Å²) < 4.78 is 1.41. The minimum absolute atomic E-state index is 0. The molecule has 7 heteroatoms. The van der Waals surface area contributed by atoms with Gasteiger partial charge in [-0.25, -0.2) is 4.68 Å². The molecule has 1 heterocycles. The highest BCUT2D eigenvalue weighted by molar-refractivity contribution is 6.04. The number of hydrogen-bond acceptors (Lipinski definition) is 4. The third-order valence-corrected chi connectivity index (χ3v) is 4.61. The molecule has 27 heavy (non-hydrogen) atoms. The van der Waals surface area contributed by atoms with Gasteiger partial charge >= 0.3 is 0 Å². The number of nitrogens with two attached hydrogens (primary N) is 1. The Morgan fingerprint density at radius 2 is 1.78 bits per heavy atom. The van der Waals surface area contributed by atoms with Crippen LogP contribution >= 0.6 is 12.4 Å². The Hall–Kier alpha value is -1.92. The van der Waals surface area contributed by atoms with Gasteiger partial charge in [0.25, 0.3) is 11.5 Å². The lowest BCUT2D eigenvalue weighted by Crippen LogP contribution is -2.36. The first kappa shape index (κ1) is 23.1. The van der Waals surface area contributed by atoms with Crippen molar-refractivity contribution >= 4 is 29.1 Å². The number of hydrogen-bond donors (Lipinski definition) is 1. The molecule has 0 bridgehead atoms. The first-order chi connectivity index (χ1) is 12.2. The lowest BCUT2D eigenvalue weighted by Gasteiger charge is -2.22. The summed E-state index contributed by atoms with van der Waals surface area (Å²) in [4.78, 5) is 27.3. The molecule has 1 atom stereocenters. The average Bonchev–Trinajstić information content (AvgIpc) is 2.60. The van der Waals surface area contributed by atoms with E-state index in [0.717, 1.165) is 6.42 Å². The summed E-state index contributed by atoms with van der Waals surface area (Å²) in [5.74, 6) is 0.436. The van der Waals surface area contributed by atoms with Gasteiger partial charge < -0.3 is 10.6 Å². The van der Waals surface area contributed by atoms with Gasteiger partial charge in [0, 0.05) is 31.6 Å². The summed E-state index contributed by atoms with van der Waals surface area (Å²) in [6.45, 7) is 9.21. The van der Waals surface area contributed by atoms with E-state index in [1.807, 2.05) is 26.0 Å². The Kier molecular flexibility index (Phi) is 8.44. The molecule has 150 valence electrons. The van der Waals surface area contributed by atoms with Crippen LogP contribution in [-0.2, 0) is 6.54 Å². The molecule has 6 nitrogen and oxygen atoms in total. The fourth-order valence-corrected chi connectivity index (χ4v) is 2.82. The smallest absolute Gasteiger partial charge is 0.274 e. The van der Waals surface area contributed by atoms with E-state index in [1.165, 1.54) is 4.68 Å². The summed E-state index contributed by atoms with van der Waals surface area (Å²) in [5.41, 5.74) is 6.26. The highest BCUT2D eigenvalue weighted by atomic mass is 35.5. The maximum atomic E-state index is 13.0. The third kappa shape index (κ3) is 5.53. The van der Waals surface area contributed by atoms with Crippen molar-refractivity contribution in [2.24, 2.45) is 17.6 Å². The van der Waals surface area contributed by atoms with Gasteiger partial charge in [-0.05, 0) is 24.3 Å². The maximum Gasteiger partial charge on any atom is 0.274 e. The predicted molar refractivity (Wildman–Crippen MR) is 112 cm³/mol. The van der Waals surface area contributed by atoms with Gasteiger partial charge in [-0.1, -0.05) is 45.9 Å². The molecule has 2 aromatic rings. The molecular weight excluding hydrogens is 364 g/mol. The lowest BCUT2D eigenvalue weighted by molar-refractivity contribution is 0.0782. The van der Waals surface area contributed by atoms with Gasteiger partial charge in [-0.2, -0.15) is 5.10 Å². The van der Waals surface area contributed by atoms with Gasteiger partial charge in [0.2, 0.25) is 0 Å². The van der Waals surface area contributed by atoms with E-state index in [9.17, 15) is 9.59 Å². The van der Waals surface area contributed by atoms with Gasteiger partial charge in [-0.3, -0.25) is 9.59 Å². The number of carbonyl (C=O) groups is 1. The number of rotatable bonds is 7. The van der Waals surface area contributed by atoms with Crippen LogP contribution in [0.5, 0.6) is 0 Å². The molecular formula is C20H31ClN4O2. The van der Waals surface area contributed by atoms with Crippen LogP contribution in [0.15, 0.2) is 29.1 Å². The summed E-state index contributed by atoms with van der Waals surface area (Å²) in [6, 6.07) is 7.21. The van der Waals surface area contributed by atoms with E-state index in [-0.39, 0.29) is 35.8 Å². The second kappa shape index (κ2) is 9.85. The minimum Gasteiger partial charge on any atom is -0.340 e. The number of halogens is 1. The average molecular weight is 395 g/mol. The molecule has 0 aliphatic carbocycles. The number of aromatic nitrogens is 2. The van der Waals surface area contributed by atoms with Crippen molar-refractivity contribution in [3.63, 3.8) is 0 Å². The van der Waals surface area contributed by atoms with Crippen LogP contribution in [0.4, 0.5) is 0 Å². The molecule has 0 aliphatic heterocycles. The Bertz CT molecular complexity index is 832. The monoisotopic (exact) mass is 394 g/mol. The zero-order chi connectivity index (χ0) is 19.4. The van der Waals surface area contributed by atoms with Gasteiger partial charge in [0.05, 0.1) is 5.39 Å². The Labute approximate surface area is 167 Å². The topological polar surface area (TPSA) is 81.2 Å². The van der Waals surface area contributed by atoms with Crippen molar-refractivity contribution in [2.75, 3.05) is 13.6 Å². The number of carbonyl (C=O) groups excluding carboxylic acids is 1. The van der Waals surface area contributed by atoms with Crippen LogP contribution in [0.25, 0.3) is 10.8 Å². The van der Waals surface area contributed by atoms with Crippen LogP contribution in [-0.4, -0.2) is 40.2 Å². The second-order valence-electron chi connectivity index (χ2n) is 7.70. The molecule has 2 N–H and O–H groups in total. The summed E-state index contributed by atoms with van der Waals surface area (Å²) >= 11 is 0. The van der Waals surface area contributed by atoms with Crippen molar-refractivity contribution in [3.05, 3.63) is 40.3 Å². The summed E-state index contributed by atoms with van der Waals surface area (Å²) in [6.07, 6.45) is 0.726.